The smallest absolute Gasteiger partial charge is 0.325 e. The van der Waals surface area contributed by atoms with E-state index in [0.29, 0.717) is 12.8 Å². The van der Waals surface area contributed by atoms with Crippen LogP contribution in [0.5, 0.6) is 0 Å². The molecule has 1 aliphatic rings. The zero-order valence-electron chi connectivity index (χ0n) is 15.2. The largest absolute Gasteiger partial charge is 0.352 e. The predicted octanol–water partition coefficient (Wildman–Crippen LogP) is 2.23. The quantitative estimate of drug-likeness (QED) is 0.709. The molecule has 136 valence electrons. The predicted molar refractivity (Wildman–Crippen MR) is 95.9 cm³/mol. The molecule has 0 radical (unpaired) electrons. The van der Waals surface area contributed by atoms with Gasteiger partial charge in [0.25, 0.3) is 5.91 Å². The van der Waals surface area contributed by atoms with Crippen LogP contribution in [-0.4, -0.2) is 40.9 Å². The second kappa shape index (κ2) is 8.14. The average molecular weight is 345 g/mol. The lowest BCUT2D eigenvalue weighted by molar-refractivity contribution is -0.134. The van der Waals surface area contributed by atoms with Crippen molar-refractivity contribution >= 4 is 17.8 Å². The Labute approximate surface area is 149 Å². The van der Waals surface area contributed by atoms with E-state index in [9.17, 15) is 14.4 Å². The van der Waals surface area contributed by atoms with Crippen LogP contribution in [0.25, 0.3) is 0 Å². The van der Waals surface area contributed by atoms with Gasteiger partial charge in [-0.2, -0.15) is 0 Å². The summed E-state index contributed by atoms with van der Waals surface area (Å²) in [5.74, 6) is -0.650. The minimum absolute atomic E-state index is 0.0303. The Morgan fingerprint density at radius 1 is 1.28 bits per heavy atom. The van der Waals surface area contributed by atoms with Gasteiger partial charge in [-0.1, -0.05) is 43.7 Å². The van der Waals surface area contributed by atoms with Gasteiger partial charge >= 0.3 is 6.03 Å². The molecule has 0 bridgehead atoms. The molecular weight excluding hydrogens is 318 g/mol. The highest BCUT2D eigenvalue weighted by molar-refractivity contribution is 6.08. The number of urea groups is 1. The second-order valence-corrected chi connectivity index (χ2v) is 6.90. The van der Waals surface area contributed by atoms with E-state index in [2.05, 4.69) is 10.6 Å². The van der Waals surface area contributed by atoms with Crippen LogP contribution in [0.3, 0.4) is 0 Å². The summed E-state index contributed by atoms with van der Waals surface area (Å²) in [5, 5.41) is 5.56. The number of carbonyl (C=O) groups is 3. The number of imide groups is 1. The molecule has 0 unspecified atom stereocenters. The van der Waals surface area contributed by atoms with Gasteiger partial charge in [-0.15, -0.1) is 0 Å². The first-order valence-electron chi connectivity index (χ1n) is 8.83. The van der Waals surface area contributed by atoms with E-state index in [1.807, 2.05) is 44.2 Å². The molecule has 0 saturated carbocycles. The molecule has 1 aliphatic heterocycles. The Balaban J connectivity index is 1.95. The molecule has 6 nitrogen and oxygen atoms in total. The van der Waals surface area contributed by atoms with E-state index in [1.54, 1.807) is 6.92 Å². The van der Waals surface area contributed by atoms with Gasteiger partial charge in [0.1, 0.15) is 12.1 Å². The summed E-state index contributed by atoms with van der Waals surface area (Å²) in [6.07, 6.45) is 2.99. The van der Waals surface area contributed by atoms with Crippen LogP contribution in [0.15, 0.2) is 30.3 Å². The maximum atomic E-state index is 12.7. The maximum Gasteiger partial charge on any atom is 0.325 e. The van der Waals surface area contributed by atoms with Crippen molar-refractivity contribution in [2.24, 2.45) is 0 Å². The molecule has 1 saturated heterocycles. The van der Waals surface area contributed by atoms with Gasteiger partial charge in [-0.05, 0) is 38.7 Å². The highest BCUT2D eigenvalue weighted by atomic mass is 16.2. The summed E-state index contributed by atoms with van der Waals surface area (Å²) >= 11 is 0. The van der Waals surface area contributed by atoms with Gasteiger partial charge in [0, 0.05) is 6.04 Å². The zero-order chi connectivity index (χ0) is 18.4. The molecule has 0 aromatic heterocycles. The lowest BCUT2D eigenvalue weighted by Gasteiger charge is -2.22. The minimum Gasteiger partial charge on any atom is -0.352 e. The number of hydrogen-bond acceptors (Lipinski definition) is 3. The summed E-state index contributed by atoms with van der Waals surface area (Å²) in [4.78, 5) is 37.9. The second-order valence-electron chi connectivity index (χ2n) is 6.90. The van der Waals surface area contributed by atoms with Crippen LogP contribution >= 0.6 is 0 Å². The SMILES string of the molecule is CCC[C@@H](C)NC(=O)CN1C(=O)N[C@](C)(CCc2ccccc2)C1=O. The van der Waals surface area contributed by atoms with Crippen molar-refractivity contribution in [1.82, 2.24) is 15.5 Å². The summed E-state index contributed by atoms with van der Waals surface area (Å²) < 4.78 is 0. The van der Waals surface area contributed by atoms with Gasteiger partial charge in [0.05, 0.1) is 0 Å². The van der Waals surface area contributed by atoms with Gasteiger partial charge in [-0.3, -0.25) is 14.5 Å². The minimum atomic E-state index is -0.970. The Kier molecular flexibility index (Phi) is 6.17. The number of rotatable bonds is 8. The summed E-state index contributed by atoms with van der Waals surface area (Å²) in [6.45, 7) is 5.43. The van der Waals surface area contributed by atoms with Gasteiger partial charge in [0.15, 0.2) is 0 Å². The lowest BCUT2D eigenvalue weighted by atomic mass is 9.93. The van der Waals surface area contributed by atoms with Crippen molar-refractivity contribution in [3.63, 3.8) is 0 Å². The summed E-state index contributed by atoms with van der Waals surface area (Å²) in [5.41, 5.74) is 0.137. The summed E-state index contributed by atoms with van der Waals surface area (Å²) in [6, 6.07) is 9.34. The van der Waals surface area contributed by atoms with Crippen molar-refractivity contribution in [2.75, 3.05) is 6.54 Å². The zero-order valence-corrected chi connectivity index (χ0v) is 15.2. The summed E-state index contributed by atoms with van der Waals surface area (Å²) in [7, 11) is 0. The Morgan fingerprint density at radius 3 is 2.60 bits per heavy atom. The first-order chi connectivity index (χ1) is 11.9. The number of aryl methyl sites for hydroxylation is 1. The first-order valence-corrected chi connectivity index (χ1v) is 8.83. The Bertz CT molecular complexity index is 632. The van der Waals surface area contributed by atoms with Crippen molar-refractivity contribution < 1.29 is 14.4 Å². The molecule has 25 heavy (non-hydrogen) atoms. The van der Waals surface area contributed by atoms with Crippen LogP contribution in [0.4, 0.5) is 4.79 Å². The Hall–Kier alpha value is -2.37. The number of amides is 4. The third-order valence-electron chi connectivity index (χ3n) is 4.53. The van der Waals surface area contributed by atoms with Crippen LogP contribution in [0.1, 0.15) is 45.6 Å². The van der Waals surface area contributed by atoms with Crippen molar-refractivity contribution in [3.8, 4) is 0 Å². The van der Waals surface area contributed by atoms with E-state index in [0.717, 1.165) is 23.3 Å². The monoisotopic (exact) mass is 345 g/mol. The first kappa shape index (κ1) is 19.0. The Morgan fingerprint density at radius 2 is 1.96 bits per heavy atom. The van der Waals surface area contributed by atoms with E-state index in [-0.39, 0.29) is 24.4 Å². The van der Waals surface area contributed by atoms with Gasteiger partial charge in [-0.25, -0.2) is 4.79 Å². The molecule has 1 aromatic carbocycles. The molecule has 2 N–H and O–H groups in total. The number of nitrogens with one attached hydrogen (secondary N) is 2. The van der Waals surface area contributed by atoms with Crippen molar-refractivity contribution in [2.45, 2.75) is 58.0 Å². The van der Waals surface area contributed by atoms with Gasteiger partial charge < -0.3 is 10.6 Å². The number of carbonyl (C=O) groups excluding carboxylic acids is 3. The number of nitrogens with zero attached hydrogens (tertiary/aromatic N) is 1. The number of hydrogen-bond donors (Lipinski definition) is 2. The fourth-order valence-corrected chi connectivity index (χ4v) is 3.07. The topological polar surface area (TPSA) is 78.5 Å². The average Bonchev–Trinajstić information content (AvgIpc) is 2.78. The van der Waals surface area contributed by atoms with Crippen LogP contribution in [-0.2, 0) is 16.0 Å². The van der Waals surface area contributed by atoms with E-state index in [1.165, 1.54) is 0 Å². The molecule has 4 amide bonds. The van der Waals surface area contributed by atoms with Crippen LogP contribution < -0.4 is 10.6 Å². The van der Waals surface area contributed by atoms with E-state index < -0.39 is 11.6 Å². The van der Waals surface area contributed by atoms with Crippen LogP contribution in [0.2, 0.25) is 0 Å². The highest BCUT2D eigenvalue weighted by Gasteiger charge is 2.47. The standard InChI is InChI=1S/C19H27N3O3/c1-4-8-14(2)20-16(23)13-22-17(24)19(3,21-18(22)25)12-11-15-9-6-5-7-10-15/h5-7,9-10,14H,4,8,11-13H2,1-3H3,(H,20,23)(H,21,25)/t14-,19-/m1/s1. The molecule has 6 heteroatoms. The molecule has 2 atom stereocenters. The molecular formula is C19H27N3O3. The number of benzene rings is 1. The third kappa shape index (κ3) is 4.81. The molecule has 0 spiro atoms. The molecule has 0 aliphatic carbocycles. The third-order valence-corrected chi connectivity index (χ3v) is 4.53. The fourth-order valence-electron chi connectivity index (χ4n) is 3.07. The fraction of sp³-hybridized carbons (Fsp3) is 0.526. The maximum absolute atomic E-state index is 12.7. The normalized spacial score (nSPS) is 21.2. The van der Waals surface area contributed by atoms with Crippen molar-refractivity contribution in [1.29, 1.82) is 0 Å². The molecule has 1 aromatic rings. The lowest BCUT2D eigenvalue weighted by Crippen LogP contribution is -2.46. The molecule has 1 heterocycles. The highest BCUT2D eigenvalue weighted by Crippen LogP contribution is 2.23. The van der Waals surface area contributed by atoms with Crippen LogP contribution in [0, 0.1) is 0 Å². The van der Waals surface area contributed by atoms with E-state index in [4.69, 9.17) is 0 Å². The van der Waals surface area contributed by atoms with Crippen molar-refractivity contribution in [3.05, 3.63) is 35.9 Å². The molecule has 1 fully saturated rings. The molecule has 2 rings (SSSR count). The van der Waals surface area contributed by atoms with Gasteiger partial charge in [0.2, 0.25) is 5.91 Å². The van der Waals surface area contributed by atoms with E-state index >= 15 is 0 Å².